The Bertz CT molecular complexity index is 1050. The molecule has 1 saturated heterocycles. The Hall–Kier alpha value is -2.23. The van der Waals surface area contributed by atoms with Gasteiger partial charge in [0.05, 0.1) is 29.1 Å². The number of fused-ring (bicyclic) bond motifs is 1. The maximum atomic E-state index is 13.8. The molecule has 0 saturated carbocycles. The van der Waals surface area contributed by atoms with Crippen LogP contribution >= 0.6 is 11.3 Å². The van der Waals surface area contributed by atoms with Crippen molar-refractivity contribution in [3.05, 3.63) is 48.3 Å². The van der Waals surface area contributed by atoms with E-state index in [0.717, 1.165) is 34.5 Å². The number of morpholine rings is 1. The second kappa shape index (κ2) is 6.82. The van der Waals surface area contributed by atoms with Gasteiger partial charge < -0.3 is 9.64 Å². The number of ether oxygens (including phenoxy) is 1. The molecule has 0 amide bonds. The minimum Gasteiger partial charge on any atom is -0.378 e. The zero-order valence-electron chi connectivity index (χ0n) is 13.7. The van der Waals surface area contributed by atoms with Crippen molar-refractivity contribution in [3.63, 3.8) is 0 Å². The van der Waals surface area contributed by atoms with Crippen LogP contribution in [0.3, 0.4) is 0 Å². The van der Waals surface area contributed by atoms with Crippen molar-refractivity contribution in [2.75, 3.05) is 35.9 Å². The summed E-state index contributed by atoms with van der Waals surface area (Å²) in [5, 5.41) is 0.886. The van der Waals surface area contributed by atoms with E-state index < -0.39 is 15.8 Å². The first-order chi connectivity index (χ1) is 12.5. The Labute approximate surface area is 154 Å². The zero-order chi connectivity index (χ0) is 18.1. The fourth-order valence-electron chi connectivity index (χ4n) is 2.74. The van der Waals surface area contributed by atoms with Crippen LogP contribution in [-0.2, 0) is 14.8 Å². The van der Waals surface area contributed by atoms with E-state index in [1.807, 2.05) is 0 Å². The van der Waals surface area contributed by atoms with Crippen LogP contribution in [0.4, 0.5) is 15.2 Å². The molecular formula is C17H16FN3O3S2. The lowest BCUT2D eigenvalue weighted by atomic mass is 10.3. The number of aromatic nitrogens is 1. The van der Waals surface area contributed by atoms with Gasteiger partial charge >= 0.3 is 0 Å². The third-order valence-corrected chi connectivity index (χ3v) is 6.53. The normalized spacial score (nSPS) is 15.3. The molecule has 1 N–H and O–H groups in total. The van der Waals surface area contributed by atoms with Gasteiger partial charge in [0.25, 0.3) is 10.0 Å². The van der Waals surface area contributed by atoms with Crippen molar-refractivity contribution < 1.29 is 17.5 Å². The quantitative estimate of drug-likeness (QED) is 0.738. The summed E-state index contributed by atoms with van der Waals surface area (Å²) < 4.78 is 47.3. The molecule has 3 aromatic rings. The number of nitrogens with one attached hydrogen (secondary N) is 1. The van der Waals surface area contributed by atoms with Crippen molar-refractivity contribution in [3.8, 4) is 0 Å². The van der Waals surface area contributed by atoms with Crippen molar-refractivity contribution in [2.24, 2.45) is 0 Å². The molecule has 1 aliphatic rings. The first-order valence-electron chi connectivity index (χ1n) is 8.03. The standard InChI is InChI=1S/C17H16FN3O3S2/c18-13-3-1-2-4-16(13)26(22,23)20-12-5-6-14-15(11-12)25-17(19-14)21-7-9-24-10-8-21/h1-6,11,20H,7-10H2. The highest BCUT2D eigenvalue weighted by Crippen LogP contribution is 2.31. The van der Waals surface area contributed by atoms with E-state index in [1.54, 1.807) is 18.2 Å². The van der Waals surface area contributed by atoms with Crippen LogP contribution in [0.1, 0.15) is 0 Å². The molecule has 2 aromatic carbocycles. The first kappa shape index (κ1) is 17.2. The van der Waals surface area contributed by atoms with E-state index in [1.165, 1.54) is 29.5 Å². The van der Waals surface area contributed by atoms with E-state index in [-0.39, 0.29) is 4.90 Å². The summed E-state index contributed by atoms with van der Waals surface area (Å²) in [4.78, 5) is 6.37. The molecule has 136 valence electrons. The first-order valence-corrected chi connectivity index (χ1v) is 10.3. The van der Waals surface area contributed by atoms with Crippen LogP contribution in [0, 0.1) is 5.82 Å². The number of anilines is 2. The average molecular weight is 393 g/mol. The van der Waals surface area contributed by atoms with Gasteiger partial charge in [-0.15, -0.1) is 0 Å². The fraction of sp³-hybridized carbons (Fsp3) is 0.235. The molecule has 26 heavy (non-hydrogen) atoms. The topological polar surface area (TPSA) is 71.5 Å². The Balaban J connectivity index is 1.62. The number of hydrogen-bond donors (Lipinski definition) is 1. The van der Waals surface area contributed by atoms with Crippen LogP contribution in [0.25, 0.3) is 10.2 Å². The molecular weight excluding hydrogens is 377 g/mol. The van der Waals surface area contributed by atoms with Gasteiger partial charge in [-0.2, -0.15) is 0 Å². The Morgan fingerprint density at radius 1 is 1.15 bits per heavy atom. The van der Waals surface area contributed by atoms with Crippen LogP contribution < -0.4 is 9.62 Å². The van der Waals surface area contributed by atoms with Gasteiger partial charge in [0.2, 0.25) is 0 Å². The van der Waals surface area contributed by atoms with Crippen molar-refractivity contribution >= 4 is 42.4 Å². The Kier molecular flexibility index (Phi) is 4.51. The van der Waals surface area contributed by atoms with Gasteiger partial charge in [0.15, 0.2) is 5.13 Å². The summed E-state index contributed by atoms with van der Waals surface area (Å²) in [7, 11) is -3.99. The van der Waals surface area contributed by atoms with E-state index in [9.17, 15) is 12.8 Å². The number of halogens is 1. The lowest BCUT2D eigenvalue weighted by Gasteiger charge is -2.25. The summed E-state index contributed by atoms with van der Waals surface area (Å²) in [6, 6.07) is 10.4. The molecule has 1 fully saturated rings. The van der Waals surface area contributed by atoms with E-state index >= 15 is 0 Å². The highest BCUT2D eigenvalue weighted by atomic mass is 32.2. The predicted molar refractivity (Wildman–Crippen MR) is 99.9 cm³/mol. The van der Waals surface area contributed by atoms with E-state index in [2.05, 4.69) is 14.6 Å². The second-order valence-corrected chi connectivity index (χ2v) is 8.47. The van der Waals surface area contributed by atoms with Crippen molar-refractivity contribution in [1.29, 1.82) is 0 Å². The highest BCUT2D eigenvalue weighted by Gasteiger charge is 2.20. The van der Waals surface area contributed by atoms with Gasteiger partial charge in [0.1, 0.15) is 10.7 Å². The van der Waals surface area contributed by atoms with Crippen molar-refractivity contribution in [2.45, 2.75) is 4.90 Å². The number of sulfonamides is 1. The van der Waals surface area contributed by atoms with E-state index in [4.69, 9.17) is 4.74 Å². The predicted octanol–water partition coefficient (Wildman–Crippen LogP) is 3.07. The van der Waals surface area contributed by atoms with Crippen LogP contribution in [-0.4, -0.2) is 39.7 Å². The molecule has 4 rings (SSSR count). The molecule has 2 heterocycles. The molecule has 0 bridgehead atoms. The Morgan fingerprint density at radius 2 is 1.92 bits per heavy atom. The van der Waals surface area contributed by atoms with Gasteiger partial charge in [-0.05, 0) is 30.3 Å². The fourth-order valence-corrected chi connectivity index (χ4v) is 4.92. The molecule has 1 aliphatic heterocycles. The molecule has 6 nitrogen and oxygen atoms in total. The monoisotopic (exact) mass is 393 g/mol. The second-order valence-electron chi connectivity index (χ2n) is 5.81. The smallest absolute Gasteiger partial charge is 0.264 e. The average Bonchev–Trinajstić information content (AvgIpc) is 3.06. The lowest BCUT2D eigenvalue weighted by molar-refractivity contribution is 0.122. The summed E-state index contributed by atoms with van der Waals surface area (Å²) >= 11 is 1.49. The van der Waals surface area contributed by atoms with Gasteiger partial charge in [-0.3, -0.25) is 4.72 Å². The number of hydrogen-bond acceptors (Lipinski definition) is 6. The van der Waals surface area contributed by atoms with Crippen molar-refractivity contribution in [1.82, 2.24) is 4.98 Å². The molecule has 0 atom stereocenters. The van der Waals surface area contributed by atoms with Gasteiger partial charge in [0, 0.05) is 13.1 Å². The van der Waals surface area contributed by atoms with Crippen LogP contribution in [0.5, 0.6) is 0 Å². The minimum absolute atomic E-state index is 0.373. The maximum Gasteiger partial charge on any atom is 0.264 e. The Morgan fingerprint density at radius 3 is 2.69 bits per heavy atom. The molecule has 0 aliphatic carbocycles. The summed E-state index contributed by atoms with van der Waals surface area (Å²) in [6.45, 7) is 2.91. The SMILES string of the molecule is O=S(=O)(Nc1ccc2nc(N3CCOCC3)sc2c1)c1ccccc1F. The van der Waals surface area contributed by atoms with Crippen LogP contribution in [0.2, 0.25) is 0 Å². The molecule has 0 unspecified atom stereocenters. The minimum atomic E-state index is -3.99. The third kappa shape index (κ3) is 3.37. The summed E-state index contributed by atoms with van der Waals surface area (Å²) in [5.41, 5.74) is 1.17. The molecule has 1 aromatic heterocycles. The van der Waals surface area contributed by atoms with Gasteiger partial charge in [-0.1, -0.05) is 23.5 Å². The number of nitrogens with zero attached hydrogens (tertiary/aromatic N) is 2. The van der Waals surface area contributed by atoms with Gasteiger partial charge in [-0.25, -0.2) is 17.8 Å². The maximum absolute atomic E-state index is 13.8. The molecule has 0 radical (unpaired) electrons. The summed E-state index contributed by atoms with van der Waals surface area (Å²) in [5.74, 6) is -0.784. The highest BCUT2D eigenvalue weighted by molar-refractivity contribution is 7.92. The number of rotatable bonds is 4. The van der Waals surface area contributed by atoms with Crippen LogP contribution in [0.15, 0.2) is 47.4 Å². The zero-order valence-corrected chi connectivity index (χ0v) is 15.3. The largest absolute Gasteiger partial charge is 0.378 e. The third-order valence-electron chi connectivity index (χ3n) is 4.04. The number of benzene rings is 2. The number of thiazole rings is 1. The molecule has 9 heteroatoms. The molecule has 0 spiro atoms. The lowest BCUT2D eigenvalue weighted by Crippen LogP contribution is -2.36. The van der Waals surface area contributed by atoms with E-state index in [0.29, 0.717) is 18.9 Å². The summed E-state index contributed by atoms with van der Waals surface area (Å²) in [6.07, 6.45) is 0.